The van der Waals surface area contributed by atoms with Crippen molar-refractivity contribution in [1.29, 1.82) is 0 Å². The number of hydrogen-bond donors (Lipinski definition) is 4. The third-order valence-electron chi connectivity index (χ3n) is 7.49. The molecule has 2 aromatic heterocycles. The molecule has 1 saturated carbocycles. The van der Waals surface area contributed by atoms with Crippen molar-refractivity contribution in [1.82, 2.24) is 30.7 Å². The quantitative estimate of drug-likeness (QED) is 0.158. The summed E-state index contributed by atoms with van der Waals surface area (Å²) in [6.45, 7) is 5.17. The molecule has 0 aliphatic heterocycles. The minimum Gasteiger partial charge on any atom is -0.389 e. The van der Waals surface area contributed by atoms with Gasteiger partial charge in [-0.15, -0.1) is 0 Å². The molecule has 2 heterocycles. The lowest BCUT2D eigenvalue weighted by Gasteiger charge is -2.20. The number of nitrogens with zero attached hydrogens (tertiary/aromatic N) is 3. The van der Waals surface area contributed by atoms with Gasteiger partial charge in [-0.05, 0) is 92.6 Å². The zero-order valence-corrected chi connectivity index (χ0v) is 26.9. The molecular formula is C35H34ClFN6O4. The predicted octanol–water partition coefficient (Wildman–Crippen LogP) is 4.10. The first kappa shape index (κ1) is 33.3. The lowest BCUT2D eigenvalue weighted by atomic mass is 9.98. The maximum absolute atomic E-state index is 14.9. The van der Waals surface area contributed by atoms with Crippen LogP contribution in [0.5, 0.6) is 0 Å². The van der Waals surface area contributed by atoms with Crippen molar-refractivity contribution in [3.8, 4) is 23.0 Å². The SMILES string of the molecule is C[C@@H](C#Cc1ncccc1Cl)NC(=O)C(=O)NCc1ccccc1C(=O)NC1(c2cc(F)cc(-c3cnn(CC(C)(C)O)c3)c2)CC1. The number of amides is 3. The van der Waals surface area contributed by atoms with Crippen molar-refractivity contribution in [3.63, 3.8) is 0 Å². The van der Waals surface area contributed by atoms with Gasteiger partial charge < -0.3 is 21.1 Å². The van der Waals surface area contributed by atoms with Gasteiger partial charge in [0.15, 0.2) is 0 Å². The second-order valence-corrected chi connectivity index (χ2v) is 12.5. The molecule has 4 N–H and O–H groups in total. The molecule has 0 unspecified atom stereocenters. The Morgan fingerprint density at radius 2 is 1.87 bits per heavy atom. The van der Waals surface area contributed by atoms with Crippen molar-refractivity contribution in [2.24, 2.45) is 0 Å². The van der Waals surface area contributed by atoms with Gasteiger partial charge >= 0.3 is 11.8 Å². The fourth-order valence-electron chi connectivity index (χ4n) is 5.03. The lowest BCUT2D eigenvalue weighted by Crippen LogP contribution is -2.43. The van der Waals surface area contributed by atoms with Gasteiger partial charge in [0.05, 0.1) is 34.9 Å². The monoisotopic (exact) mass is 656 g/mol. The fourth-order valence-corrected chi connectivity index (χ4v) is 5.20. The van der Waals surface area contributed by atoms with E-state index < -0.39 is 40.7 Å². The molecule has 12 heteroatoms. The Hall–Kier alpha value is -5.05. The highest BCUT2D eigenvalue weighted by Gasteiger charge is 2.46. The molecule has 3 amide bonds. The molecule has 10 nitrogen and oxygen atoms in total. The van der Waals surface area contributed by atoms with E-state index in [4.69, 9.17) is 11.6 Å². The Labute approximate surface area is 276 Å². The molecule has 0 saturated heterocycles. The molecule has 4 aromatic rings. The van der Waals surface area contributed by atoms with Crippen LogP contribution in [-0.2, 0) is 28.2 Å². The fraction of sp³-hybridized carbons (Fsp3) is 0.286. The topological polar surface area (TPSA) is 138 Å². The van der Waals surface area contributed by atoms with E-state index in [0.717, 1.165) is 0 Å². The highest BCUT2D eigenvalue weighted by atomic mass is 35.5. The number of rotatable bonds is 9. The standard InChI is InChI=1S/C35H34ClFN6O4/c1-22(10-11-30-29(36)9-6-14-38-30)41-33(46)32(45)39-18-23-7-4-5-8-28(23)31(44)42-35(12-13-35)26-15-24(16-27(37)17-26)25-19-40-43(20-25)21-34(2,3)47/h4-9,14-17,19-20,22,47H,12-13,18,21H2,1-3H3,(H,39,45)(H,41,46)(H,42,44)/t22-/m0/s1. The largest absolute Gasteiger partial charge is 0.389 e. The first-order valence-electron chi connectivity index (χ1n) is 15.0. The van der Waals surface area contributed by atoms with Crippen LogP contribution in [0.15, 0.2) is 73.2 Å². The van der Waals surface area contributed by atoms with Crippen LogP contribution in [-0.4, -0.2) is 49.2 Å². The molecule has 2 aromatic carbocycles. The van der Waals surface area contributed by atoms with E-state index in [2.05, 4.69) is 37.9 Å². The lowest BCUT2D eigenvalue weighted by molar-refractivity contribution is -0.139. The van der Waals surface area contributed by atoms with Crippen molar-refractivity contribution >= 4 is 29.3 Å². The second-order valence-electron chi connectivity index (χ2n) is 12.1. The Balaban J connectivity index is 1.23. The molecule has 0 spiro atoms. The van der Waals surface area contributed by atoms with Crippen molar-refractivity contribution < 1.29 is 23.9 Å². The van der Waals surface area contributed by atoms with Crippen molar-refractivity contribution in [3.05, 3.63) is 106 Å². The van der Waals surface area contributed by atoms with E-state index in [9.17, 15) is 23.9 Å². The summed E-state index contributed by atoms with van der Waals surface area (Å²) in [5, 5.41) is 22.9. The van der Waals surface area contributed by atoms with Crippen LogP contribution >= 0.6 is 11.6 Å². The highest BCUT2D eigenvalue weighted by Crippen LogP contribution is 2.47. The van der Waals surface area contributed by atoms with Gasteiger partial charge in [0, 0.05) is 30.1 Å². The van der Waals surface area contributed by atoms with E-state index in [0.29, 0.717) is 51.4 Å². The molecule has 5 rings (SSSR count). The number of halogens is 2. The summed E-state index contributed by atoms with van der Waals surface area (Å²) in [6.07, 6.45) is 6.13. The Morgan fingerprint density at radius 3 is 2.60 bits per heavy atom. The maximum Gasteiger partial charge on any atom is 0.310 e. The van der Waals surface area contributed by atoms with Crippen LogP contribution in [0, 0.1) is 17.7 Å². The van der Waals surface area contributed by atoms with Gasteiger partial charge in [-0.1, -0.05) is 35.7 Å². The van der Waals surface area contributed by atoms with Crippen LogP contribution in [0.1, 0.15) is 60.8 Å². The van der Waals surface area contributed by atoms with Crippen LogP contribution < -0.4 is 16.0 Å². The van der Waals surface area contributed by atoms with E-state index >= 15 is 0 Å². The van der Waals surface area contributed by atoms with E-state index in [1.165, 1.54) is 12.1 Å². The molecule has 47 heavy (non-hydrogen) atoms. The Bertz CT molecular complexity index is 1890. The van der Waals surface area contributed by atoms with Crippen LogP contribution in [0.2, 0.25) is 5.02 Å². The molecule has 1 aliphatic carbocycles. The molecule has 0 bridgehead atoms. The minimum absolute atomic E-state index is 0.0782. The Kier molecular flexibility index (Phi) is 9.75. The predicted molar refractivity (Wildman–Crippen MR) is 174 cm³/mol. The molecule has 1 aliphatic rings. The van der Waals surface area contributed by atoms with Gasteiger partial charge in [-0.2, -0.15) is 5.10 Å². The van der Waals surface area contributed by atoms with E-state index in [1.54, 1.807) is 80.4 Å². The van der Waals surface area contributed by atoms with Gasteiger partial charge in [0.2, 0.25) is 0 Å². The number of benzene rings is 2. The highest BCUT2D eigenvalue weighted by molar-refractivity contribution is 6.35. The summed E-state index contributed by atoms with van der Waals surface area (Å²) >= 11 is 6.05. The number of nitrogens with one attached hydrogen (secondary N) is 3. The third kappa shape index (κ3) is 8.61. The molecule has 242 valence electrons. The average Bonchev–Trinajstić information content (AvgIpc) is 3.66. The molecule has 1 fully saturated rings. The maximum atomic E-state index is 14.9. The van der Waals surface area contributed by atoms with Crippen LogP contribution in [0.25, 0.3) is 11.1 Å². The molecule has 0 radical (unpaired) electrons. The van der Waals surface area contributed by atoms with Crippen LogP contribution in [0.3, 0.4) is 0 Å². The van der Waals surface area contributed by atoms with Crippen molar-refractivity contribution in [2.75, 3.05) is 0 Å². The first-order chi connectivity index (χ1) is 22.3. The molecular weight excluding hydrogens is 623 g/mol. The molecule has 1 atom stereocenters. The van der Waals surface area contributed by atoms with Crippen LogP contribution in [0.4, 0.5) is 4.39 Å². The third-order valence-corrected chi connectivity index (χ3v) is 7.79. The minimum atomic E-state index is -0.964. The number of pyridine rings is 1. The first-order valence-corrected chi connectivity index (χ1v) is 15.4. The summed E-state index contributed by atoms with van der Waals surface area (Å²) in [5.74, 6) is 2.96. The smallest absolute Gasteiger partial charge is 0.310 e. The van der Waals surface area contributed by atoms with Gasteiger partial charge in [-0.3, -0.25) is 19.1 Å². The second kappa shape index (κ2) is 13.7. The number of hydrogen-bond acceptors (Lipinski definition) is 6. The number of aliphatic hydroxyl groups is 1. The van der Waals surface area contributed by atoms with Crippen molar-refractivity contribution in [2.45, 2.75) is 63.9 Å². The summed E-state index contributed by atoms with van der Waals surface area (Å²) in [6, 6.07) is 14.1. The summed E-state index contributed by atoms with van der Waals surface area (Å²) < 4.78 is 16.5. The normalized spacial score (nSPS) is 13.9. The average molecular weight is 657 g/mol. The summed E-state index contributed by atoms with van der Waals surface area (Å²) in [5.41, 5.74) is 1.36. The van der Waals surface area contributed by atoms with Gasteiger partial charge in [0.25, 0.3) is 5.91 Å². The number of aromatic nitrogens is 3. The zero-order chi connectivity index (χ0) is 33.8. The number of carbonyl (C=O) groups excluding carboxylic acids is 3. The van der Waals surface area contributed by atoms with E-state index in [-0.39, 0.29) is 13.1 Å². The summed E-state index contributed by atoms with van der Waals surface area (Å²) in [7, 11) is 0. The van der Waals surface area contributed by atoms with Gasteiger partial charge in [-0.25, -0.2) is 9.37 Å². The zero-order valence-electron chi connectivity index (χ0n) is 26.1. The number of carbonyl (C=O) groups is 3. The Morgan fingerprint density at radius 1 is 1.11 bits per heavy atom. The summed E-state index contributed by atoms with van der Waals surface area (Å²) in [4.78, 5) is 42.7. The van der Waals surface area contributed by atoms with E-state index in [1.807, 2.05) is 6.07 Å². The van der Waals surface area contributed by atoms with Gasteiger partial charge in [0.1, 0.15) is 11.5 Å².